The minimum Gasteiger partial charge on any atom is -0.310 e. The summed E-state index contributed by atoms with van der Waals surface area (Å²) in [6.45, 7) is 1.01. The first-order valence-electron chi connectivity index (χ1n) is 4.25. The van der Waals surface area contributed by atoms with Gasteiger partial charge in [-0.25, -0.2) is 0 Å². The predicted octanol–water partition coefficient (Wildman–Crippen LogP) is 1.63. The summed E-state index contributed by atoms with van der Waals surface area (Å²) < 4.78 is 0. The molecule has 0 aliphatic carbocycles. The standard InChI is InChI=1S/C9H10N2O2/c12-11(13)8-3-1-2-7(6-8)9-4-5-10-9/h1-3,6,9-10H,4-5H2/t9-/m0/s1. The van der Waals surface area contributed by atoms with Crippen LogP contribution in [-0.2, 0) is 0 Å². The van der Waals surface area contributed by atoms with Crippen LogP contribution in [0.4, 0.5) is 5.69 Å². The van der Waals surface area contributed by atoms with Crippen LogP contribution >= 0.6 is 0 Å². The van der Waals surface area contributed by atoms with Gasteiger partial charge in [-0.3, -0.25) is 10.1 Å². The van der Waals surface area contributed by atoms with E-state index in [1.807, 2.05) is 6.07 Å². The fraction of sp³-hybridized carbons (Fsp3) is 0.333. The molecule has 1 aromatic carbocycles. The molecule has 1 aliphatic heterocycles. The molecule has 68 valence electrons. The number of rotatable bonds is 2. The van der Waals surface area contributed by atoms with E-state index in [1.165, 1.54) is 6.07 Å². The smallest absolute Gasteiger partial charge is 0.269 e. The lowest BCUT2D eigenvalue weighted by molar-refractivity contribution is -0.384. The van der Waals surface area contributed by atoms with E-state index >= 15 is 0 Å². The summed E-state index contributed by atoms with van der Waals surface area (Å²) in [7, 11) is 0. The molecule has 0 radical (unpaired) electrons. The lowest BCUT2D eigenvalue weighted by Gasteiger charge is -2.27. The molecule has 1 aromatic rings. The van der Waals surface area contributed by atoms with E-state index in [0.29, 0.717) is 6.04 Å². The van der Waals surface area contributed by atoms with Crippen LogP contribution in [0.15, 0.2) is 24.3 Å². The summed E-state index contributed by atoms with van der Waals surface area (Å²) in [5, 5.41) is 13.7. The van der Waals surface area contributed by atoms with Gasteiger partial charge in [0.05, 0.1) is 4.92 Å². The van der Waals surface area contributed by atoms with Gasteiger partial charge < -0.3 is 5.32 Å². The monoisotopic (exact) mass is 178 g/mol. The number of nitrogens with zero attached hydrogens (tertiary/aromatic N) is 1. The molecule has 0 unspecified atom stereocenters. The highest BCUT2D eigenvalue weighted by Gasteiger charge is 2.19. The molecular weight excluding hydrogens is 168 g/mol. The van der Waals surface area contributed by atoms with Crippen LogP contribution in [0.3, 0.4) is 0 Å². The molecular formula is C9H10N2O2. The number of benzene rings is 1. The number of nitrogens with one attached hydrogen (secondary N) is 1. The second kappa shape index (κ2) is 3.14. The van der Waals surface area contributed by atoms with E-state index in [1.54, 1.807) is 12.1 Å². The van der Waals surface area contributed by atoms with E-state index in [2.05, 4.69) is 5.32 Å². The lowest BCUT2D eigenvalue weighted by Crippen LogP contribution is -2.34. The van der Waals surface area contributed by atoms with Crippen molar-refractivity contribution in [2.24, 2.45) is 0 Å². The lowest BCUT2D eigenvalue weighted by atomic mass is 9.98. The van der Waals surface area contributed by atoms with Gasteiger partial charge in [0.1, 0.15) is 0 Å². The van der Waals surface area contributed by atoms with Gasteiger partial charge in [-0.05, 0) is 18.5 Å². The first kappa shape index (κ1) is 8.19. The summed E-state index contributed by atoms with van der Waals surface area (Å²) in [5.74, 6) is 0. The maximum absolute atomic E-state index is 10.5. The Labute approximate surface area is 75.7 Å². The van der Waals surface area contributed by atoms with Crippen molar-refractivity contribution in [3.05, 3.63) is 39.9 Å². The third-order valence-electron chi connectivity index (χ3n) is 2.31. The normalized spacial score (nSPS) is 20.8. The molecule has 1 atom stereocenters. The Morgan fingerprint density at radius 1 is 1.54 bits per heavy atom. The number of nitro groups is 1. The number of hydrogen-bond acceptors (Lipinski definition) is 3. The van der Waals surface area contributed by atoms with Crippen LogP contribution in [0.1, 0.15) is 18.0 Å². The highest BCUT2D eigenvalue weighted by Crippen LogP contribution is 2.25. The van der Waals surface area contributed by atoms with Crippen LogP contribution in [0.2, 0.25) is 0 Å². The Kier molecular flexibility index (Phi) is 1.98. The average molecular weight is 178 g/mol. The molecule has 0 spiro atoms. The number of nitro benzene ring substituents is 1. The third kappa shape index (κ3) is 1.53. The predicted molar refractivity (Wildman–Crippen MR) is 48.5 cm³/mol. The molecule has 0 bridgehead atoms. The van der Waals surface area contributed by atoms with Crippen molar-refractivity contribution in [3.63, 3.8) is 0 Å². The first-order chi connectivity index (χ1) is 6.27. The molecule has 2 rings (SSSR count). The molecule has 1 heterocycles. The number of hydrogen-bond donors (Lipinski definition) is 1. The zero-order chi connectivity index (χ0) is 9.26. The molecule has 1 fully saturated rings. The molecule has 0 amide bonds. The largest absolute Gasteiger partial charge is 0.310 e. The molecule has 0 saturated carbocycles. The second-order valence-electron chi connectivity index (χ2n) is 3.15. The van der Waals surface area contributed by atoms with Crippen molar-refractivity contribution in [1.29, 1.82) is 0 Å². The Hall–Kier alpha value is -1.42. The van der Waals surface area contributed by atoms with Crippen LogP contribution in [-0.4, -0.2) is 11.5 Å². The van der Waals surface area contributed by atoms with Crippen LogP contribution < -0.4 is 5.32 Å². The summed E-state index contributed by atoms with van der Waals surface area (Å²) in [6, 6.07) is 7.12. The molecule has 4 nitrogen and oxygen atoms in total. The van der Waals surface area contributed by atoms with Crippen molar-refractivity contribution in [3.8, 4) is 0 Å². The summed E-state index contributed by atoms with van der Waals surface area (Å²) >= 11 is 0. The second-order valence-corrected chi connectivity index (χ2v) is 3.15. The van der Waals surface area contributed by atoms with E-state index < -0.39 is 0 Å². The highest BCUT2D eigenvalue weighted by molar-refractivity contribution is 5.36. The zero-order valence-electron chi connectivity index (χ0n) is 7.06. The minimum absolute atomic E-state index is 0.172. The van der Waals surface area contributed by atoms with Gasteiger partial charge >= 0.3 is 0 Å². The SMILES string of the molecule is O=[N+]([O-])c1cccc([C@@H]2CCN2)c1. The van der Waals surface area contributed by atoms with E-state index in [4.69, 9.17) is 0 Å². The van der Waals surface area contributed by atoms with E-state index in [-0.39, 0.29) is 10.6 Å². The van der Waals surface area contributed by atoms with Crippen LogP contribution in [0.25, 0.3) is 0 Å². The quantitative estimate of drug-likeness (QED) is 0.553. The van der Waals surface area contributed by atoms with Gasteiger partial charge in [0.25, 0.3) is 5.69 Å². The van der Waals surface area contributed by atoms with E-state index in [0.717, 1.165) is 18.5 Å². The summed E-state index contributed by atoms with van der Waals surface area (Å²) in [6.07, 6.45) is 1.07. The third-order valence-corrected chi connectivity index (χ3v) is 2.31. The molecule has 1 saturated heterocycles. The van der Waals surface area contributed by atoms with E-state index in [9.17, 15) is 10.1 Å². The maximum atomic E-state index is 10.5. The molecule has 4 heteroatoms. The van der Waals surface area contributed by atoms with Crippen molar-refractivity contribution >= 4 is 5.69 Å². The zero-order valence-corrected chi connectivity index (χ0v) is 7.06. The fourth-order valence-corrected chi connectivity index (χ4v) is 1.43. The highest BCUT2D eigenvalue weighted by atomic mass is 16.6. The van der Waals surface area contributed by atoms with Gasteiger partial charge in [0.15, 0.2) is 0 Å². The summed E-state index contributed by atoms with van der Waals surface area (Å²) in [5.41, 5.74) is 1.19. The Morgan fingerprint density at radius 3 is 2.85 bits per heavy atom. The van der Waals surface area contributed by atoms with Gasteiger partial charge in [0.2, 0.25) is 0 Å². The van der Waals surface area contributed by atoms with Crippen molar-refractivity contribution in [2.75, 3.05) is 6.54 Å². The first-order valence-corrected chi connectivity index (χ1v) is 4.25. The van der Waals surface area contributed by atoms with Gasteiger partial charge in [0, 0.05) is 18.2 Å². The molecule has 1 N–H and O–H groups in total. The summed E-state index contributed by atoms with van der Waals surface area (Å²) in [4.78, 5) is 10.1. The fourth-order valence-electron chi connectivity index (χ4n) is 1.43. The van der Waals surface area contributed by atoms with Crippen LogP contribution in [0, 0.1) is 10.1 Å². The van der Waals surface area contributed by atoms with Gasteiger partial charge in [-0.1, -0.05) is 12.1 Å². The van der Waals surface area contributed by atoms with Crippen molar-refractivity contribution in [2.45, 2.75) is 12.5 Å². The molecule has 13 heavy (non-hydrogen) atoms. The Bertz CT molecular complexity index is 334. The van der Waals surface area contributed by atoms with Gasteiger partial charge in [-0.15, -0.1) is 0 Å². The average Bonchev–Trinajstić information content (AvgIpc) is 2.01. The molecule has 1 aliphatic rings. The van der Waals surface area contributed by atoms with Crippen LogP contribution in [0.5, 0.6) is 0 Å². The Morgan fingerprint density at radius 2 is 2.31 bits per heavy atom. The minimum atomic E-state index is -0.359. The topological polar surface area (TPSA) is 55.2 Å². The van der Waals surface area contributed by atoms with Crippen molar-refractivity contribution < 1.29 is 4.92 Å². The molecule has 0 aromatic heterocycles. The van der Waals surface area contributed by atoms with Crippen molar-refractivity contribution in [1.82, 2.24) is 5.32 Å². The van der Waals surface area contributed by atoms with Gasteiger partial charge in [-0.2, -0.15) is 0 Å². The maximum Gasteiger partial charge on any atom is 0.269 e. The number of non-ortho nitro benzene ring substituents is 1. The Balaban J connectivity index is 2.26.